The summed E-state index contributed by atoms with van der Waals surface area (Å²) >= 11 is 0. The third-order valence-electron chi connectivity index (χ3n) is 7.02. The van der Waals surface area contributed by atoms with E-state index in [0.29, 0.717) is 0 Å². The Labute approximate surface area is 229 Å². The summed E-state index contributed by atoms with van der Waals surface area (Å²) < 4.78 is 6.07. The Morgan fingerprint density at radius 2 is 1.72 bits per heavy atom. The van der Waals surface area contributed by atoms with Crippen LogP contribution in [0.4, 0.5) is 0 Å². The molecule has 0 aliphatic heterocycles. The van der Waals surface area contributed by atoms with E-state index in [1.54, 1.807) is 6.20 Å². The van der Waals surface area contributed by atoms with Gasteiger partial charge in [-0.05, 0) is 69.3 Å². The second-order valence-electron chi connectivity index (χ2n) is 9.39. The molecule has 3 aromatic rings. The number of aliphatic hydroxyl groups is 1. The maximum Gasteiger partial charge on any atom is 0.162 e. The van der Waals surface area contributed by atoms with Crippen LogP contribution in [-0.4, -0.2) is 20.9 Å². The van der Waals surface area contributed by atoms with Gasteiger partial charge in [0.05, 0.1) is 17.0 Å². The van der Waals surface area contributed by atoms with E-state index in [1.807, 2.05) is 46.9 Å². The minimum Gasteiger partial charge on any atom is -0.517 e. The van der Waals surface area contributed by atoms with Crippen molar-refractivity contribution in [3.05, 3.63) is 59.3 Å². The summed E-state index contributed by atoms with van der Waals surface area (Å²) in [6.07, 6.45) is 13.0. The molecule has 0 amide bonds. The number of allylic oxidation sites excluding steroid dienone is 2. The summed E-state index contributed by atoms with van der Waals surface area (Å²) in [5.41, 5.74) is 6.09. The van der Waals surface area contributed by atoms with Gasteiger partial charge in [0.2, 0.25) is 0 Å². The van der Waals surface area contributed by atoms with Gasteiger partial charge >= 0.3 is 0 Å². The van der Waals surface area contributed by atoms with Crippen molar-refractivity contribution in [3.8, 4) is 11.3 Å². The molecule has 0 atom stereocenters. The van der Waals surface area contributed by atoms with Gasteiger partial charge in [-0.25, -0.2) is 0 Å². The van der Waals surface area contributed by atoms with E-state index in [-0.39, 0.29) is 43.5 Å². The second kappa shape index (κ2) is 14.4. The van der Waals surface area contributed by atoms with Crippen molar-refractivity contribution in [2.24, 2.45) is 11.8 Å². The molecule has 1 aliphatic rings. The zero-order valence-electron chi connectivity index (χ0n) is 22.2. The van der Waals surface area contributed by atoms with E-state index in [1.165, 1.54) is 24.5 Å². The largest absolute Gasteiger partial charge is 0.517 e. The monoisotopic (exact) mass is 668 g/mol. The molecule has 0 spiro atoms. The van der Waals surface area contributed by atoms with Crippen molar-refractivity contribution in [3.63, 3.8) is 0 Å². The molecule has 0 saturated heterocycles. The molecule has 1 aliphatic carbocycles. The first-order chi connectivity index (χ1) is 16.9. The first-order valence-corrected chi connectivity index (χ1v) is 13.1. The molecule has 36 heavy (non-hydrogen) atoms. The smallest absolute Gasteiger partial charge is 0.162 e. The minimum absolute atomic E-state index is 0. The molecule has 1 N–H and O–H groups in total. The van der Waals surface area contributed by atoms with E-state index in [0.717, 1.165) is 72.2 Å². The van der Waals surface area contributed by atoms with E-state index in [2.05, 4.69) is 22.1 Å². The molecule has 5 nitrogen and oxygen atoms in total. The molecule has 6 heteroatoms. The number of ketones is 1. The molecule has 0 bridgehead atoms. The predicted octanol–water partition coefficient (Wildman–Crippen LogP) is 7.74. The molecule has 0 unspecified atom stereocenters. The molecule has 4 rings (SSSR count). The summed E-state index contributed by atoms with van der Waals surface area (Å²) in [5, 5.41) is 9.76. The van der Waals surface area contributed by atoms with Crippen LogP contribution in [0.1, 0.15) is 83.1 Å². The molecule has 0 aromatic carbocycles. The van der Waals surface area contributed by atoms with Crippen LogP contribution < -0.4 is 0 Å². The number of carbonyl (C=O) groups excluding carboxylic acids is 1. The van der Waals surface area contributed by atoms with Gasteiger partial charge < -0.3 is 14.5 Å². The number of aromatic nitrogens is 2. The van der Waals surface area contributed by atoms with E-state index in [9.17, 15) is 9.90 Å². The number of aryl methyl sites for hydroxylation is 3. The SMILES string of the molecule is CCC(CC)C(=O)/C=C(\O)C(CC)CC.Cc1ccc(-c2[c-]cnc3c4c(oc23)CCCC4)nc1.[Ir]. The average Bonchev–Trinajstić information content (AvgIpc) is 3.25. The van der Waals surface area contributed by atoms with Crippen LogP contribution >= 0.6 is 0 Å². The fourth-order valence-corrected chi connectivity index (χ4v) is 4.67. The molecule has 3 aromatic heterocycles. The van der Waals surface area contributed by atoms with Gasteiger partial charge in [0.15, 0.2) is 5.78 Å². The maximum atomic E-state index is 11.7. The molecule has 3 heterocycles. The van der Waals surface area contributed by atoms with E-state index < -0.39 is 0 Å². The molecule has 1 radical (unpaired) electrons. The van der Waals surface area contributed by atoms with Crippen molar-refractivity contribution in [1.82, 2.24) is 9.97 Å². The molecular weight excluding hydrogens is 629 g/mol. The summed E-state index contributed by atoms with van der Waals surface area (Å²) in [6.45, 7) is 10.1. The Balaban J connectivity index is 0.000000260. The van der Waals surface area contributed by atoms with Crippen molar-refractivity contribution in [2.45, 2.75) is 86.0 Å². The van der Waals surface area contributed by atoms with E-state index >= 15 is 0 Å². The topological polar surface area (TPSA) is 76.2 Å². The minimum atomic E-state index is 0. The molecule has 0 saturated carbocycles. The standard InChI is InChI=1S/C17H15N2O.C13H24O2.Ir/c1-11-6-7-14(19-10-11)12-8-9-18-16-13-4-2-3-5-15(13)20-17(12)16;1-5-10(6-2)12(14)9-13(15)11(7-3)8-4;/h6-7,9-10H,2-5H2,1H3;9-11,14H,5-8H2,1-4H3;/q-1;;/b;12-9-;. The van der Waals surface area contributed by atoms with Crippen LogP contribution in [0.2, 0.25) is 0 Å². The number of furan rings is 1. The van der Waals surface area contributed by atoms with Crippen LogP contribution in [0.25, 0.3) is 22.4 Å². The Bertz CT molecular complexity index is 1140. The van der Waals surface area contributed by atoms with Gasteiger partial charge in [0.1, 0.15) is 0 Å². The van der Waals surface area contributed by atoms with Crippen LogP contribution in [0.15, 0.2) is 40.8 Å². The summed E-state index contributed by atoms with van der Waals surface area (Å²) in [5.74, 6) is 1.65. The van der Waals surface area contributed by atoms with Gasteiger partial charge in [-0.2, -0.15) is 6.07 Å². The quantitative estimate of drug-likeness (QED) is 0.151. The van der Waals surface area contributed by atoms with Crippen molar-refractivity contribution in [1.29, 1.82) is 0 Å². The first-order valence-electron chi connectivity index (χ1n) is 13.1. The zero-order chi connectivity index (χ0) is 25.4. The third-order valence-corrected chi connectivity index (χ3v) is 7.02. The summed E-state index contributed by atoms with van der Waals surface area (Å²) in [6, 6.07) is 7.27. The zero-order valence-corrected chi connectivity index (χ0v) is 24.6. The van der Waals surface area contributed by atoms with Gasteiger partial charge in [-0.3, -0.25) is 9.78 Å². The number of carbonyl (C=O) groups is 1. The number of hydrogen-bond acceptors (Lipinski definition) is 5. The molecule has 197 valence electrons. The van der Waals surface area contributed by atoms with Crippen LogP contribution in [0.3, 0.4) is 0 Å². The number of rotatable bonds is 8. The number of pyridine rings is 2. The fraction of sp³-hybridized carbons (Fsp3) is 0.500. The van der Waals surface area contributed by atoms with Gasteiger partial charge in [0, 0.05) is 61.8 Å². The number of aliphatic hydroxyl groups excluding tert-OH is 1. The summed E-state index contributed by atoms with van der Waals surface area (Å²) in [4.78, 5) is 20.7. The van der Waals surface area contributed by atoms with Crippen molar-refractivity contribution >= 4 is 16.9 Å². The fourth-order valence-electron chi connectivity index (χ4n) is 4.67. The number of fused-ring (bicyclic) bond motifs is 3. The maximum absolute atomic E-state index is 11.7. The Kier molecular flexibility index (Phi) is 12.0. The predicted molar refractivity (Wildman–Crippen MR) is 141 cm³/mol. The van der Waals surface area contributed by atoms with Crippen LogP contribution in [0.5, 0.6) is 0 Å². The van der Waals surface area contributed by atoms with E-state index in [4.69, 9.17) is 4.42 Å². The second-order valence-corrected chi connectivity index (χ2v) is 9.39. The Morgan fingerprint density at radius 1 is 1.06 bits per heavy atom. The van der Waals surface area contributed by atoms with Gasteiger partial charge in [-0.1, -0.05) is 39.8 Å². The summed E-state index contributed by atoms with van der Waals surface area (Å²) in [7, 11) is 0. The molecular formula is C30H39IrN2O3-. The van der Waals surface area contributed by atoms with Crippen molar-refractivity contribution < 1.29 is 34.4 Å². The van der Waals surface area contributed by atoms with Gasteiger partial charge in [-0.15, -0.1) is 5.56 Å². The normalized spacial score (nSPS) is 13.2. The number of nitrogens with zero attached hydrogens (tertiary/aromatic N) is 2. The van der Waals surface area contributed by atoms with Crippen LogP contribution in [0, 0.1) is 24.8 Å². The Hall–Kier alpha value is -2.30. The Morgan fingerprint density at radius 3 is 2.33 bits per heavy atom. The number of hydrogen-bond donors (Lipinski definition) is 1. The third kappa shape index (κ3) is 7.14. The van der Waals surface area contributed by atoms with Crippen LogP contribution in [-0.2, 0) is 37.7 Å². The van der Waals surface area contributed by atoms with Gasteiger partial charge in [0.25, 0.3) is 0 Å². The average molecular weight is 668 g/mol. The first kappa shape index (κ1) is 29.9. The molecule has 0 fully saturated rings. The van der Waals surface area contributed by atoms with Crippen molar-refractivity contribution in [2.75, 3.05) is 0 Å².